The van der Waals surface area contributed by atoms with Crippen molar-refractivity contribution in [2.24, 2.45) is 10.5 Å². The van der Waals surface area contributed by atoms with E-state index in [0.29, 0.717) is 18.4 Å². The van der Waals surface area contributed by atoms with Gasteiger partial charge in [0.2, 0.25) is 0 Å². The predicted molar refractivity (Wildman–Crippen MR) is 71.8 cm³/mol. The van der Waals surface area contributed by atoms with Gasteiger partial charge in [0.15, 0.2) is 0 Å². The molecule has 1 saturated carbocycles. The average Bonchev–Trinajstić information content (AvgIpc) is 2.34. The Hall–Kier alpha value is -2.04. The number of ketones is 1. The van der Waals surface area contributed by atoms with Crippen LogP contribution in [0.1, 0.15) is 43.5 Å². The Bertz CT molecular complexity index is 521. The van der Waals surface area contributed by atoms with E-state index in [1.807, 2.05) is 13.8 Å². The number of hydrogen-bond acceptors (Lipinski definition) is 4. The van der Waals surface area contributed by atoms with E-state index < -0.39 is 0 Å². The Morgan fingerprint density at radius 3 is 2.84 bits per heavy atom. The normalized spacial score (nSPS) is 20.3. The number of nitrogens with one attached hydrogen (secondary N) is 1. The van der Waals surface area contributed by atoms with Gasteiger partial charge < -0.3 is 0 Å². The molecule has 5 heteroatoms. The Labute approximate surface area is 112 Å². The summed E-state index contributed by atoms with van der Waals surface area (Å²) in [6, 6.07) is 3.35. The van der Waals surface area contributed by atoms with Crippen molar-refractivity contribution < 1.29 is 9.59 Å². The fraction of sp³-hybridized carbons (Fsp3) is 0.429. The second kappa shape index (κ2) is 5.30. The largest absolute Gasteiger partial charge is 0.299 e. The summed E-state index contributed by atoms with van der Waals surface area (Å²) in [5.41, 5.74) is 3.59. The number of rotatable bonds is 2. The van der Waals surface area contributed by atoms with Gasteiger partial charge in [-0.2, -0.15) is 5.10 Å². The molecule has 1 fully saturated rings. The third kappa shape index (κ3) is 3.71. The third-order valence-electron chi connectivity index (χ3n) is 3.00. The van der Waals surface area contributed by atoms with Crippen LogP contribution >= 0.6 is 0 Å². The standard InChI is InChI=1S/C14H17N3O2/c1-14(2)7-11(6-12(18)8-14)16-17-13(19)10-4-3-5-15-9-10/h3-5,9H,6-8H2,1-2H3,(H,17,19)/b16-11+. The predicted octanol–water partition coefficient (Wildman–Crippen LogP) is 1.95. The van der Waals surface area contributed by atoms with Gasteiger partial charge in [-0.25, -0.2) is 5.43 Å². The monoisotopic (exact) mass is 259 g/mol. The maximum absolute atomic E-state index is 11.8. The van der Waals surface area contributed by atoms with Crippen LogP contribution in [0.4, 0.5) is 0 Å². The molecular formula is C14H17N3O2. The Balaban J connectivity index is 2.03. The lowest BCUT2D eigenvalue weighted by Crippen LogP contribution is -2.31. The van der Waals surface area contributed by atoms with E-state index in [-0.39, 0.29) is 17.1 Å². The molecule has 0 bridgehead atoms. The minimum Gasteiger partial charge on any atom is -0.299 e. The lowest BCUT2D eigenvalue weighted by molar-refractivity contribution is -0.120. The molecule has 2 rings (SSSR count). The number of pyridine rings is 1. The van der Waals surface area contributed by atoms with Crippen LogP contribution in [0.25, 0.3) is 0 Å². The number of hydrogen-bond donors (Lipinski definition) is 1. The van der Waals surface area contributed by atoms with Crippen molar-refractivity contribution >= 4 is 17.4 Å². The zero-order chi connectivity index (χ0) is 13.9. The molecule has 0 unspecified atom stereocenters. The fourth-order valence-electron chi connectivity index (χ4n) is 2.27. The first-order chi connectivity index (χ1) is 8.96. The van der Waals surface area contributed by atoms with E-state index in [2.05, 4.69) is 15.5 Å². The molecule has 1 heterocycles. The molecular weight excluding hydrogens is 242 g/mol. The average molecular weight is 259 g/mol. The van der Waals surface area contributed by atoms with Crippen molar-refractivity contribution in [1.29, 1.82) is 0 Å². The third-order valence-corrected chi connectivity index (χ3v) is 3.00. The minimum absolute atomic E-state index is 0.0762. The smallest absolute Gasteiger partial charge is 0.272 e. The summed E-state index contributed by atoms with van der Waals surface area (Å²) in [5.74, 6) is -0.137. The summed E-state index contributed by atoms with van der Waals surface area (Å²) in [7, 11) is 0. The molecule has 1 aliphatic carbocycles. The van der Waals surface area contributed by atoms with Crippen LogP contribution in [0.5, 0.6) is 0 Å². The SMILES string of the molecule is CC1(C)CC(=O)C/C(=N\NC(=O)c2cccnc2)C1. The molecule has 1 aromatic heterocycles. The summed E-state index contributed by atoms with van der Waals surface area (Å²) in [6.45, 7) is 4.06. The van der Waals surface area contributed by atoms with Crippen LogP contribution in [-0.2, 0) is 4.79 Å². The first-order valence-corrected chi connectivity index (χ1v) is 6.24. The molecule has 0 radical (unpaired) electrons. The number of carbonyl (C=O) groups is 2. The first-order valence-electron chi connectivity index (χ1n) is 6.24. The van der Waals surface area contributed by atoms with Crippen molar-refractivity contribution in [2.45, 2.75) is 33.1 Å². The maximum atomic E-state index is 11.8. The van der Waals surface area contributed by atoms with E-state index >= 15 is 0 Å². The zero-order valence-corrected chi connectivity index (χ0v) is 11.1. The van der Waals surface area contributed by atoms with Crippen LogP contribution in [0.15, 0.2) is 29.6 Å². The number of carbonyl (C=O) groups excluding carboxylic acids is 2. The molecule has 19 heavy (non-hydrogen) atoms. The topological polar surface area (TPSA) is 71.4 Å². The van der Waals surface area contributed by atoms with Gasteiger partial charge in [0, 0.05) is 30.9 Å². The lowest BCUT2D eigenvalue weighted by Gasteiger charge is -2.28. The summed E-state index contributed by atoms with van der Waals surface area (Å²) in [6.07, 6.45) is 4.71. The number of amides is 1. The van der Waals surface area contributed by atoms with Gasteiger partial charge in [-0.3, -0.25) is 14.6 Å². The highest BCUT2D eigenvalue weighted by molar-refractivity contribution is 6.05. The number of hydrazone groups is 1. The highest BCUT2D eigenvalue weighted by Gasteiger charge is 2.30. The van der Waals surface area contributed by atoms with Gasteiger partial charge in [0.25, 0.3) is 5.91 Å². The van der Waals surface area contributed by atoms with Gasteiger partial charge >= 0.3 is 0 Å². The Morgan fingerprint density at radius 1 is 1.42 bits per heavy atom. The number of nitrogens with zero attached hydrogens (tertiary/aromatic N) is 2. The highest BCUT2D eigenvalue weighted by Crippen LogP contribution is 2.31. The molecule has 1 aliphatic rings. The van der Waals surface area contributed by atoms with Gasteiger partial charge in [-0.05, 0) is 24.0 Å². The van der Waals surface area contributed by atoms with Gasteiger partial charge in [0.1, 0.15) is 5.78 Å². The highest BCUT2D eigenvalue weighted by atomic mass is 16.2. The Morgan fingerprint density at radius 2 is 2.21 bits per heavy atom. The van der Waals surface area contributed by atoms with Crippen LogP contribution in [0, 0.1) is 5.41 Å². The molecule has 1 N–H and O–H groups in total. The van der Waals surface area contributed by atoms with Crippen molar-refractivity contribution in [3.05, 3.63) is 30.1 Å². The molecule has 0 saturated heterocycles. The quantitative estimate of drug-likeness (QED) is 0.825. The molecule has 0 aromatic carbocycles. The fourth-order valence-corrected chi connectivity index (χ4v) is 2.27. The summed E-state index contributed by atoms with van der Waals surface area (Å²) >= 11 is 0. The van der Waals surface area contributed by atoms with Gasteiger partial charge in [-0.15, -0.1) is 0 Å². The van der Waals surface area contributed by atoms with Gasteiger partial charge in [-0.1, -0.05) is 13.8 Å². The van der Waals surface area contributed by atoms with E-state index in [1.165, 1.54) is 6.20 Å². The second-order valence-electron chi connectivity index (χ2n) is 5.59. The molecule has 5 nitrogen and oxygen atoms in total. The van der Waals surface area contributed by atoms with Crippen LogP contribution < -0.4 is 5.43 Å². The molecule has 0 spiro atoms. The van der Waals surface area contributed by atoms with E-state index in [4.69, 9.17) is 0 Å². The second-order valence-corrected chi connectivity index (χ2v) is 5.59. The summed E-state index contributed by atoms with van der Waals surface area (Å²) < 4.78 is 0. The Kier molecular flexibility index (Phi) is 3.74. The minimum atomic E-state index is -0.309. The van der Waals surface area contributed by atoms with Crippen LogP contribution in [-0.4, -0.2) is 22.4 Å². The van der Waals surface area contributed by atoms with Gasteiger partial charge in [0.05, 0.1) is 5.56 Å². The number of Topliss-reactive ketones (excluding diaryl/α,β-unsaturated/α-hetero) is 1. The summed E-state index contributed by atoms with van der Waals surface area (Å²) in [5, 5.41) is 4.07. The van der Waals surface area contributed by atoms with E-state index in [9.17, 15) is 9.59 Å². The van der Waals surface area contributed by atoms with Crippen LogP contribution in [0.3, 0.4) is 0 Å². The molecule has 0 aliphatic heterocycles. The van der Waals surface area contributed by atoms with Crippen LogP contribution in [0.2, 0.25) is 0 Å². The van der Waals surface area contributed by atoms with Crippen molar-refractivity contribution in [3.8, 4) is 0 Å². The van der Waals surface area contributed by atoms with E-state index in [1.54, 1.807) is 18.3 Å². The molecule has 100 valence electrons. The molecule has 0 atom stereocenters. The van der Waals surface area contributed by atoms with Crippen molar-refractivity contribution in [3.63, 3.8) is 0 Å². The molecule has 1 amide bonds. The number of aromatic nitrogens is 1. The zero-order valence-electron chi connectivity index (χ0n) is 11.1. The van der Waals surface area contributed by atoms with Crippen molar-refractivity contribution in [1.82, 2.24) is 10.4 Å². The first kappa shape index (κ1) is 13.4. The lowest BCUT2D eigenvalue weighted by atomic mass is 9.76. The van der Waals surface area contributed by atoms with Crippen molar-refractivity contribution in [2.75, 3.05) is 0 Å². The maximum Gasteiger partial charge on any atom is 0.272 e. The summed E-state index contributed by atoms with van der Waals surface area (Å²) in [4.78, 5) is 27.3. The van der Waals surface area contributed by atoms with E-state index in [0.717, 1.165) is 12.1 Å². The molecule has 1 aromatic rings.